The molecule has 0 aliphatic carbocycles. The molecule has 2 fully saturated rings. The molecule has 5 nitrogen and oxygen atoms in total. The molecule has 1 aromatic carbocycles. The van der Waals surface area contributed by atoms with Crippen molar-refractivity contribution in [3.63, 3.8) is 0 Å². The van der Waals surface area contributed by atoms with E-state index in [1.807, 2.05) is 0 Å². The van der Waals surface area contributed by atoms with Crippen LogP contribution >= 0.6 is 0 Å². The standard InChI is InChI=1S/C18H15F5N4O/c19-11-3-1-2-10(17(11)20)8-27-12-4-5-26(13(12)6-16(27)28)15-7-14(18(21,22)23)24-9-25-15/h1-3,7,9,12-13H,4-6,8H2/t12-,13-/m0/s1. The molecule has 148 valence electrons. The Morgan fingerprint density at radius 2 is 1.93 bits per heavy atom. The Morgan fingerprint density at radius 3 is 2.68 bits per heavy atom. The van der Waals surface area contributed by atoms with Gasteiger partial charge < -0.3 is 9.80 Å². The summed E-state index contributed by atoms with van der Waals surface area (Å²) in [4.78, 5) is 22.8. The molecule has 10 heteroatoms. The van der Waals surface area contributed by atoms with Crippen LogP contribution < -0.4 is 4.90 Å². The molecule has 2 aliphatic rings. The maximum absolute atomic E-state index is 14.0. The van der Waals surface area contributed by atoms with Crippen LogP contribution in [0.1, 0.15) is 24.1 Å². The second kappa shape index (κ2) is 6.68. The fraction of sp³-hybridized carbons (Fsp3) is 0.389. The average Bonchev–Trinajstić information content (AvgIpc) is 3.18. The first-order chi connectivity index (χ1) is 13.3. The van der Waals surface area contributed by atoms with Crippen LogP contribution in [0.2, 0.25) is 0 Å². The van der Waals surface area contributed by atoms with Crippen molar-refractivity contribution in [3.05, 3.63) is 53.5 Å². The predicted octanol–water partition coefficient (Wildman–Crippen LogP) is 3.15. The number of likely N-dealkylation sites (tertiary alicyclic amines) is 1. The van der Waals surface area contributed by atoms with E-state index >= 15 is 0 Å². The number of rotatable bonds is 3. The molecule has 3 heterocycles. The monoisotopic (exact) mass is 398 g/mol. The van der Waals surface area contributed by atoms with Crippen LogP contribution in [-0.2, 0) is 17.5 Å². The van der Waals surface area contributed by atoms with E-state index in [2.05, 4.69) is 9.97 Å². The lowest BCUT2D eigenvalue weighted by molar-refractivity contribution is -0.141. The largest absolute Gasteiger partial charge is 0.433 e. The molecule has 0 radical (unpaired) electrons. The molecule has 0 bridgehead atoms. The Hall–Kier alpha value is -2.78. The molecule has 1 amide bonds. The molecule has 0 saturated carbocycles. The number of benzene rings is 1. The highest BCUT2D eigenvalue weighted by Crippen LogP contribution is 2.37. The minimum atomic E-state index is -4.59. The summed E-state index contributed by atoms with van der Waals surface area (Å²) in [5.74, 6) is -2.15. The molecule has 0 unspecified atom stereocenters. The van der Waals surface area contributed by atoms with Crippen LogP contribution in [0, 0.1) is 11.6 Å². The molecular weight excluding hydrogens is 383 g/mol. The number of aromatic nitrogens is 2. The molecule has 2 atom stereocenters. The quantitative estimate of drug-likeness (QED) is 0.746. The second-order valence-electron chi connectivity index (χ2n) is 6.81. The summed E-state index contributed by atoms with van der Waals surface area (Å²) in [6.07, 6.45) is -3.17. The first-order valence-electron chi connectivity index (χ1n) is 8.64. The summed E-state index contributed by atoms with van der Waals surface area (Å²) in [6, 6.07) is 3.96. The average molecular weight is 398 g/mol. The minimum Gasteiger partial charge on any atom is -0.351 e. The first-order valence-corrected chi connectivity index (χ1v) is 8.64. The lowest BCUT2D eigenvalue weighted by atomic mass is 10.1. The van der Waals surface area contributed by atoms with Gasteiger partial charge in [0.05, 0.1) is 12.1 Å². The number of fused-ring (bicyclic) bond motifs is 1. The van der Waals surface area contributed by atoms with E-state index in [1.165, 1.54) is 17.0 Å². The van der Waals surface area contributed by atoms with Crippen molar-refractivity contribution in [2.24, 2.45) is 0 Å². The van der Waals surface area contributed by atoms with Crippen LogP contribution in [0.3, 0.4) is 0 Å². The van der Waals surface area contributed by atoms with E-state index < -0.39 is 23.5 Å². The zero-order valence-electron chi connectivity index (χ0n) is 14.5. The van der Waals surface area contributed by atoms with E-state index in [-0.39, 0.29) is 42.3 Å². The van der Waals surface area contributed by atoms with Crippen LogP contribution in [0.4, 0.5) is 27.8 Å². The second-order valence-corrected chi connectivity index (χ2v) is 6.81. The number of anilines is 1. The summed E-state index contributed by atoms with van der Waals surface area (Å²) in [6.45, 7) is 0.314. The van der Waals surface area contributed by atoms with Crippen LogP contribution in [-0.4, -0.2) is 39.4 Å². The van der Waals surface area contributed by atoms with Gasteiger partial charge in [0.15, 0.2) is 11.6 Å². The summed E-state index contributed by atoms with van der Waals surface area (Å²) in [5, 5.41) is 0. The highest BCUT2D eigenvalue weighted by Gasteiger charge is 2.47. The van der Waals surface area contributed by atoms with Gasteiger partial charge in [-0.05, 0) is 12.5 Å². The number of nitrogens with zero attached hydrogens (tertiary/aromatic N) is 4. The van der Waals surface area contributed by atoms with Gasteiger partial charge in [0.2, 0.25) is 5.91 Å². The zero-order valence-corrected chi connectivity index (χ0v) is 14.5. The van der Waals surface area contributed by atoms with Gasteiger partial charge in [-0.3, -0.25) is 4.79 Å². The van der Waals surface area contributed by atoms with Crippen molar-refractivity contribution in [1.29, 1.82) is 0 Å². The zero-order chi connectivity index (χ0) is 20.1. The Labute approximate surface area is 156 Å². The SMILES string of the molecule is O=C1C[C@H]2[C@H](CCN2c2cc(C(F)(F)F)ncn2)N1Cc1cccc(F)c1F. The number of amides is 1. The molecule has 28 heavy (non-hydrogen) atoms. The van der Waals surface area contributed by atoms with Crippen molar-refractivity contribution in [2.45, 2.75) is 37.6 Å². The van der Waals surface area contributed by atoms with Crippen LogP contribution in [0.25, 0.3) is 0 Å². The third-order valence-corrected chi connectivity index (χ3v) is 5.22. The molecular formula is C18H15F5N4O. The summed E-state index contributed by atoms with van der Waals surface area (Å²) >= 11 is 0. The molecule has 0 N–H and O–H groups in total. The number of halogens is 5. The van der Waals surface area contributed by atoms with E-state index in [4.69, 9.17) is 0 Å². The van der Waals surface area contributed by atoms with Gasteiger partial charge in [-0.2, -0.15) is 13.2 Å². The van der Waals surface area contributed by atoms with Gasteiger partial charge in [0.25, 0.3) is 0 Å². The number of hydrogen-bond acceptors (Lipinski definition) is 4. The number of carbonyl (C=O) groups is 1. The van der Waals surface area contributed by atoms with E-state index in [0.29, 0.717) is 13.0 Å². The van der Waals surface area contributed by atoms with Gasteiger partial charge in [0.1, 0.15) is 17.8 Å². The minimum absolute atomic E-state index is 0.0637. The van der Waals surface area contributed by atoms with Crippen molar-refractivity contribution in [2.75, 3.05) is 11.4 Å². The maximum atomic E-state index is 14.0. The fourth-order valence-corrected chi connectivity index (χ4v) is 3.93. The molecule has 0 spiro atoms. The van der Waals surface area contributed by atoms with Crippen LogP contribution in [0.5, 0.6) is 0 Å². The van der Waals surface area contributed by atoms with E-state index in [1.54, 1.807) is 4.90 Å². The highest BCUT2D eigenvalue weighted by atomic mass is 19.4. The fourth-order valence-electron chi connectivity index (χ4n) is 3.93. The topological polar surface area (TPSA) is 49.3 Å². The smallest absolute Gasteiger partial charge is 0.351 e. The maximum Gasteiger partial charge on any atom is 0.433 e. The van der Waals surface area contributed by atoms with E-state index in [9.17, 15) is 26.7 Å². The molecule has 2 aliphatic heterocycles. The number of alkyl halides is 3. The molecule has 1 aromatic heterocycles. The van der Waals surface area contributed by atoms with Crippen molar-refractivity contribution >= 4 is 11.7 Å². The van der Waals surface area contributed by atoms with Gasteiger partial charge in [-0.1, -0.05) is 12.1 Å². The van der Waals surface area contributed by atoms with Gasteiger partial charge >= 0.3 is 6.18 Å². The molecule has 2 saturated heterocycles. The first kappa shape index (κ1) is 18.6. The van der Waals surface area contributed by atoms with E-state index in [0.717, 1.165) is 18.5 Å². The summed E-state index contributed by atoms with van der Waals surface area (Å²) in [7, 11) is 0. The van der Waals surface area contributed by atoms with Gasteiger partial charge in [-0.15, -0.1) is 0 Å². The highest BCUT2D eigenvalue weighted by molar-refractivity contribution is 5.81. The van der Waals surface area contributed by atoms with Gasteiger partial charge in [-0.25, -0.2) is 18.7 Å². The van der Waals surface area contributed by atoms with Gasteiger partial charge in [0, 0.05) is 31.1 Å². The summed E-state index contributed by atoms with van der Waals surface area (Å²) in [5.41, 5.74) is -0.988. The Morgan fingerprint density at radius 1 is 1.14 bits per heavy atom. The third-order valence-electron chi connectivity index (χ3n) is 5.22. The Kier molecular flexibility index (Phi) is 4.43. The lowest BCUT2D eigenvalue weighted by Crippen LogP contribution is -2.37. The normalized spacial score (nSPS) is 22.1. The Bertz CT molecular complexity index is 919. The Balaban J connectivity index is 1.57. The van der Waals surface area contributed by atoms with Crippen molar-refractivity contribution < 1.29 is 26.7 Å². The molecule has 4 rings (SSSR count). The third kappa shape index (κ3) is 3.16. The predicted molar refractivity (Wildman–Crippen MR) is 88.1 cm³/mol. The lowest BCUT2D eigenvalue weighted by Gasteiger charge is -2.26. The summed E-state index contributed by atoms with van der Waals surface area (Å²) < 4.78 is 66.2. The van der Waals surface area contributed by atoms with Crippen molar-refractivity contribution in [1.82, 2.24) is 14.9 Å². The number of hydrogen-bond donors (Lipinski definition) is 0. The van der Waals surface area contributed by atoms with Crippen LogP contribution in [0.15, 0.2) is 30.6 Å². The van der Waals surface area contributed by atoms with Crippen molar-refractivity contribution in [3.8, 4) is 0 Å². The number of carbonyl (C=O) groups excluding carboxylic acids is 1. The molecule has 2 aromatic rings.